The zero-order chi connectivity index (χ0) is 39.9. The first kappa shape index (κ1) is 32.4. The van der Waals surface area contributed by atoms with Crippen molar-refractivity contribution in [3.63, 3.8) is 0 Å². The second-order valence-electron chi connectivity index (χ2n) is 15.6. The standard InChI is InChI=1S/C49H28N12/c1-2-14-27-26(13-1)38-25-48-36-23-11-9-21-34(36)46(58-48)56-47-35-22-10-12-24-37(35)49(61-47,59-44-32-19-7-4-16-29(32)40(54-44)51-39(27)50-38)60-45-33-20-8-5-17-30(33)42(55-45)52-41-28-15-3-6-18-31(28)43(53-41)57-48/h1-25H,(H,56,58,61)(H,50,51,54,59)(H,52,53,55,57,60)/b38-25-. The van der Waals surface area contributed by atoms with Gasteiger partial charge < -0.3 is 15.3 Å². The van der Waals surface area contributed by atoms with Crippen molar-refractivity contribution in [3.05, 3.63) is 212 Å². The number of benzene rings is 6. The smallest absolute Gasteiger partial charge is 0.278 e. The highest BCUT2D eigenvalue weighted by atomic mass is 15.3. The van der Waals surface area contributed by atoms with E-state index in [1.807, 2.05) is 109 Å². The number of aromatic nitrogens is 2. The van der Waals surface area contributed by atoms with Crippen LogP contribution in [0, 0.1) is 0 Å². The molecule has 0 amide bonds. The topological polar surface area (TPSA) is 155 Å². The zero-order valence-electron chi connectivity index (χ0n) is 32.0. The monoisotopic (exact) mass is 784 g/mol. The summed E-state index contributed by atoms with van der Waals surface area (Å²) in [6, 6.07) is 48.6. The van der Waals surface area contributed by atoms with Crippen LogP contribution in [0.3, 0.4) is 0 Å². The van der Waals surface area contributed by atoms with Gasteiger partial charge in [0.1, 0.15) is 28.1 Å². The summed E-state index contributed by atoms with van der Waals surface area (Å²) in [6.07, 6.45) is 2.10. The fourth-order valence-corrected chi connectivity index (χ4v) is 9.40. The van der Waals surface area contributed by atoms with Crippen molar-refractivity contribution in [1.82, 2.24) is 15.3 Å². The molecule has 0 fully saturated rings. The maximum atomic E-state index is 5.66. The van der Waals surface area contributed by atoms with Gasteiger partial charge in [-0.25, -0.2) is 44.9 Å². The van der Waals surface area contributed by atoms with E-state index >= 15 is 0 Å². The number of aromatic amines is 2. The molecule has 0 saturated carbocycles. The molecule has 0 spiro atoms. The minimum absolute atomic E-state index is 0.448. The van der Waals surface area contributed by atoms with Crippen LogP contribution in [-0.2, 0) is 11.4 Å². The Hall–Kier alpha value is -8.51. The predicted octanol–water partition coefficient (Wildman–Crippen LogP) is 5.20. The summed E-state index contributed by atoms with van der Waals surface area (Å²) in [5.41, 5.74) is 7.28. The highest BCUT2D eigenvalue weighted by Gasteiger charge is 2.45. The van der Waals surface area contributed by atoms with E-state index in [1.54, 1.807) is 0 Å². The molecule has 61 heavy (non-hydrogen) atoms. The van der Waals surface area contributed by atoms with E-state index in [2.05, 4.69) is 57.8 Å². The van der Waals surface area contributed by atoms with E-state index in [1.165, 1.54) is 0 Å². The third-order valence-electron chi connectivity index (χ3n) is 12.1. The lowest BCUT2D eigenvalue weighted by Gasteiger charge is -2.19. The molecular weight excluding hydrogens is 757 g/mol. The fourth-order valence-electron chi connectivity index (χ4n) is 9.40. The first-order valence-electron chi connectivity index (χ1n) is 20.1. The molecule has 0 radical (unpaired) electrons. The summed E-state index contributed by atoms with van der Waals surface area (Å²) < 4.78 is 0. The molecule has 0 saturated heterocycles. The van der Waals surface area contributed by atoms with Crippen molar-refractivity contribution in [2.75, 3.05) is 0 Å². The van der Waals surface area contributed by atoms with Crippen LogP contribution in [0.25, 0.3) is 27.6 Å². The minimum atomic E-state index is -1.57. The number of H-pyrrole nitrogens is 2. The lowest BCUT2D eigenvalue weighted by molar-refractivity contribution is 0.511. The molecule has 12 bridgehead atoms. The summed E-state index contributed by atoms with van der Waals surface area (Å²) >= 11 is 0. The van der Waals surface area contributed by atoms with Gasteiger partial charge in [-0.2, -0.15) is 0 Å². The van der Waals surface area contributed by atoms with Crippen LogP contribution in [0.2, 0.25) is 0 Å². The van der Waals surface area contributed by atoms with E-state index in [-0.39, 0.29) is 0 Å². The van der Waals surface area contributed by atoms with Crippen LogP contribution >= 0.6 is 0 Å². The molecule has 8 aromatic rings. The molecule has 12 nitrogen and oxygen atoms in total. The van der Waals surface area contributed by atoms with E-state index in [0.29, 0.717) is 51.5 Å². The fraction of sp³-hybridized carbons (Fsp3) is 0.0408. The van der Waals surface area contributed by atoms with E-state index in [4.69, 9.17) is 44.9 Å². The normalized spacial score (nSPS) is 23.7. The molecule has 2 unspecified atom stereocenters. The summed E-state index contributed by atoms with van der Waals surface area (Å²) in [5, 5.41) is 8.21. The second kappa shape index (κ2) is 11.6. The SMILES string of the molecule is C1=c2\[nH]c(c3ccccc23)=NC2=N/C(=N\C34N=C(NC5=NC/1(/N=c1\[nH]c(c6ccccc16)=NC1=N/C(=N\3)c3ccccc31)c1ccccc15)c1ccccc14)c1ccccc12. The Kier molecular flexibility index (Phi) is 6.16. The van der Waals surface area contributed by atoms with Crippen molar-refractivity contribution in [2.24, 2.45) is 44.9 Å². The van der Waals surface area contributed by atoms with E-state index in [9.17, 15) is 0 Å². The van der Waals surface area contributed by atoms with Crippen LogP contribution in [0.15, 0.2) is 191 Å². The molecule has 3 N–H and O–H groups in total. The van der Waals surface area contributed by atoms with Gasteiger partial charge in [0.05, 0.1) is 0 Å². The summed E-state index contributed by atoms with van der Waals surface area (Å²) in [7, 11) is 0. The average molecular weight is 785 g/mol. The highest BCUT2D eigenvalue weighted by molar-refractivity contribution is 6.25. The minimum Gasteiger partial charge on any atom is -0.339 e. The third-order valence-corrected chi connectivity index (χ3v) is 12.1. The van der Waals surface area contributed by atoms with Gasteiger partial charge in [0.15, 0.2) is 23.3 Å². The first-order valence-corrected chi connectivity index (χ1v) is 20.1. The Bertz CT molecular complexity index is 3640. The lowest BCUT2D eigenvalue weighted by atomic mass is 9.97. The third kappa shape index (κ3) is 4.50. The number of nitrogens with one attached hydrogen (secondary N) is 3. The Balaban J connectivity index is 1.22. The molecule has 6 aliphatic rings. The Labute approximate surface area is 345 Å². The van der Waals surface area contributed by atoms with Crippen LogP contribution < -0.4 is 27.1 Å². The van der Waals surface area contributed by atoms with Crippen molar-refractivity contribution in [3.8, 4) is 0 Å². The van der Waals surface area contributed by atoms with Gasteiger partial charge in [0, 0.05) is 71.4 Å². The zero-order valence-corrected chi connectivity index (χ0v) is 32.0. The molecule has 6 aromatic carbocycles. The van der Waals surface area contributed by atoms with Gasteiger partial charge >= 0.3 is 0 Å². The number of amidine groups is 6. The van der Waals surface area contributed by atoms with Crippen molar-refractivity contribution in [1.29, 1.82) is 0 Å². The molecule has 0 aliphatic carbocycles. The number of hydrogen-bond acceptors (Lipinski definition) is 10. The predicted molar refractivity (Wildman–Crippen MR) is 236 cm³/mol. The van der Waals surface area contributed by atoms with Gasteiger partial charge in [0.2, 0.25) is 5.66 Å². The Morgan fingerprint density at radius 2 is 0.803 bits per heavy atom. The largest absolute Gasteiger partial charge is 0.339 e. The Morgan fingerprint density at radius 1 is 0.344 bits per heavy atom. The van der Waals surface area contributed by atoms with Crippen molar-refractivity contribution in [2.45, 2.75) is 11.4 Å². The van der Waals surface area contributed by atoms with Gasteiger partial charge in [0.25, 0.3) is 5.79 Å². The molecule has 284 valence electrons. The summed E-state index contributed by atoms with van der Waals surface area (Å²) in [5.74, 6) is 1.51. The van der Waals surface area contributed by atoms with Gasteiger partial charge in [-0.1, -0.05) is 146 Å². The van der Waals surface area contributed by atoms with Crippen molar-refractivity contribution < 1.29 is 0 Å². The second-order valence-corrected chi connectivity index (χ2v) is 15.6. The summed E-state index contributed by atoms with van der Waals surface area (Å²) in [6.45, 7) is 0. The molecule has 8 heterocycles. The van der Waals surface area contributed by atoms with E-state index < -0.39 is 11.4 Å². The number of aliphatic imine (C=N–C) groups is 6. The molecule has 2 aromatic heterocycles. The van der Waals surface area contributed by atoms with Crippen molar-refractivity contribution >= 4 is 62.6 Å². The Morgan fingerprint density at radius 3 is 1.44 bits per heavy atom. The van der Waals surface area contributed by atoms with Gasteiger partial charge in [-0.3, -0.25) is 0 Å². The molecule has 12 heteroatoms. The highest BCUT2D eigenvalue weighted by Crippen LogP contribution is 2.43. The van der Waals surface area contributed by atoms with Crippen LogP contribution in [0.5, 0.6) is 0 Å². The average Bonchev–Trinajstić information content (AvgIpc) is 4.13. The van der Waals surface area contributed by atoms with Crippen LogP contribution in [-0.4, -0.2) is 45.0 Å². The number of fused-ring (bicyclic) bond motifs is 20. The number of nitrogens with zero attached hydrogens (tertiary/aromatic N) is 9. The quantitative estimate of drug-likeness (QED) is 0.190. The van der Waals surface area contributed by atoms with Crippen LogP contribution in [0.1, 0.15) is 44.5 Å². The molecular formula is C49H28N12. The van der Waals surface area contributed by atoms with Gasteiger partial charge in [-0.15, -0.1) is 0 Å². The molecule has 2 atom stereocenters. The van der Waals surface area contributed by atoms with Crippen LogP contribution in [0.4, 0.5) is 0 Å². The van der Waals surface area contributed by atoms with Gasteiger partial charge in [-0.05, 0) is 6.08 Å². The maximum Gasteiger partial charge on any atom is 0.278 e. The maximum absolute atomic E-state index is 5.66. The van der Waals surface area contributed by atoms with E-state index in [0.717, 1.165) is 71.4 Å². The first-order chi connectivity index (χ1) is 30.1. The number of hydrogen-bond donors (Lipinski definition) is 3. The molecule has 6 aliphatic heterocycles. The summed E-state index contributed by atoms with van der Waals surface area (Å²) in [4.78, 5) is 55.9. The molecule has 14 rings (SSSR count). The lowest BCUT2D eigenvalue weighted by Crippen LogP contribution is -2.31. The number of rotatable bonds is 0.